The Bertz CT molecular complexity index is 537. The lowest BCUT2D eigenvalue weighted by molar-refractivity contribution is 0.523. The van der Waals surface area contributed by atoms with E-state index in [1.54, 1.807) is 11.0 Å². The van der Waals surface area contributed by atoms with Crippen LogP contribution in [0.1, 0.15) is 23.0 Å². The topological polar surface area (TPSA) is 68.8 Å². The van der Waals surface area contributed by atoms with Gasteiger partial charge in [-0.1, -0.05) is 28.1 Å². The van der Waals surface area contributed by atoms with Crippen LogP contribution >= 0.6 is 15.9 Å². The number of hydrazine groups is 1. The van der Waals surface area contributed by atoms with Gasteiger partial charge in [0.05, 0.1) is 6.04 Å². The van der Waals surface area contributed by atoms with Crippen LogP contribution in [-0.4, -0.2) is 14.8 Å². The van der Waals surface area contributed by atoms with Crippen molar-refractivity contribution in [2.24, 2.45) is 12.9 Å². The third kappa shape index (κ3) is 2.77. The van der Waals surface area contributed by atoms with Crippen molar-refractivity contribution in [2.45, 2.75) is 19.4 Å². The van der Waals surface area contributed by atoms with Gasteiger partial charge in [0, 0.05) is 17.9 Å². The quantitative estimate of drug-likeness (QED) is 0.665. The highest BCUT2D eigenvalue weighted by molar-refractivity contribution is 9.10. The van der Waals surface area contributed by atoms with Crippen molar-refractivity contribution in [3.05, 3.63) is 46.0 Å². The molecule has 0 aliphatic rings. The SMILES string of the molecule is Cc1ccc(C(Cc2ncnn2C)NN)cc1Br. The van der Waals surface area contributed by atoms with E-state index in [4.69, 9.17) is 5.84 Å². The standard InChI is InChI=1S/C12H16BrN5/c1-8-3-4-9(5-10(8)13)11(17-14)6-12-15-7-16-18(12)2/h3-5,7,11,17H,6,14H2,1-2H3. The van der Waals surface area contributed by atoms with E-state index in [9.17, 15) is 0 Å². The Morgan fingerprint density at radius 2 is 2.28 bits per heavy atom. The van der Waals surface area contributed by atoms with E-state index in [1.165, 1.54) is 5.56 Å². The summed E-state index contributed by atoms with van der Waals surface area (Å²) in [7, 11) is 1.88. The molecule has 5 nitrogen and oxygen atoms in total. The molecule has 0 aliphatic heterocycles. The van der Waals surface area contributed by atoms with Gasteiger partial charge in [-0.25, -0.2) is 4.98 Å². The fourth-order valence-corrected chi connectivity index (χ4v) is 2.18. The first kappa shape index (κ1) is 13.2. The minimum atomic E-state index is 0.0183. The average molecular weight is 310 g/mol. The maximum Gasteiger partial charge on any atom is 0.138 e. The van der Waals surface area contributed by atoms with Crippen molar-refractivity contribution in [2.75, 3.05) is 0 Å². The number of hydrogen-bond acceptors (Lipinski definition) is 4. The van der Waals surface area contributed by atoms with Gasteiger partial charge < -0.3 is 0 Å². The van der Waals surface area contributed by atoms with Gasteiger partial charge in [0.15, 0.2) is 0 Å². The lowest BCUT2D eigenvalue weighted by atomic mass is 10.0. The van der Waals surface area contributed by atoms with Crippen LogP contribution in [-0.2, 0) is 13.5 Å². The van der Waals surface area contributed by atoms with E-state index >= 15 is 0 Å². The second kappa shape index (κ2) is 5.60. The first-order valence-electron chi connectivity index (χ1n) is 5.67. The molecule has 0 aliphatic carbocycles. The maximum absolute atomic E-state index is 5.64. The van der Waals surface area contributed by atoms with Crippen LogP contribution < -0.4 is 11.3 Å². The number of hydrogen-bond donors (Lipinski definition) is 2. The van der Waals surface area contributed by atoms with Crippen LogP contribution in [0.5, 0.6) is 0 Å². The largest absolute Gasteiger partial charge is 0.271 e. The molecule has 0 fully saturated rings. The van der Waals surface area contributed by atoms with Crippen LogP contribution in [0.3, 0.4) is 0 Å². The monoisotopic (exact) mass is 309 g/mol. The van der Waals surface area contributed by atoms with E-state index in [-0.39, 0.29) is 6.04 Å². The van der Waals surface area contributed by atoms with E-state index in [2.05, 4.69) is 56.6 Å². The van der Waals surface area contributed by atoms with E-state index < -0.39 is 0 Å². The fraction of sp³-hybridized carbons (Fsp3) is 0.333. The van der Waals surface area contributed by atoms with Crippen LogP contribution in [0.25, 0.3) is 0 Å². The molecule has 1 aromatic carbocycles. The van der Waals surface area contributed by atoms with Gasteiger partial charge >= 0.3 is 0 Å². The first-order chi connectivity index (χ1) is 8.61. The number of nitrogens with two attached hydrogens (primary N) is 1. The third-order valence-electron chi connectivity index (χ3n) is 2.99. The van der Waals surface area contributed by atoms with Gasteiger partial charge in [-0.15, -0.1) is 0 Å². The molecule has 0 spiro atoms. The highest BCUT2D eigenvalue weighted by atomic mass is 79.9. The van der Waals surface area contributed by atoms with E-state index in [0.717, 1.165) is 15.9 Å². The second-order valence-electron chi connectivity index (χ2n) is 4.23. The summed E-state index contributed by atoms with van der Waals surface area (Å²) < 4.78 is 2.84. The molecule has 18 heavy (non-hydrogen) atoms. The molecular weight excluding hydrogens is 294 g/mol. The Kier molecular flexibility index (Phi) is 4.11. The Labute approximate surface area is 115 Å². The van der Waals surface area contributed by atoms with Gasteiger partial charge in [0.1, 0.15) is 12.2 Å². The van der Waals surface area contributed by atoms with Gasteiger partial charge in [-0.05, 0) is 24.1 Å². The summed E-state index contributed by atoms with van der Waals surface area (Å²) in [6.45, 7) is 2.06. The van der Waals surface area contributed by atoms with Crippen LogP contribution in [0, 0.1) is 6.92 Å². The molecule has 1 atom stereocenters. The van der Waals surface area contributed by atoms with Crippen molar-refractivity contribution in [3.63, 3.8) is 0 Å². The van der Waals surface area contributed by atoms with Crippen molar-refractivity contribution < 1.29 is 0 Å². The summed E-state index contributed by atoms with van der Waals surface area (Å²) in [4.78, 5) is 4.21. The van der Waals surface area contributed by atoms with Crippen molar-refractivity contribution in [3.8, 4) is 0 Å². The smallest absolute Gasteiger partial charge is 0.138 e. The summed E-state index contributed by atoms with van der Waals surface area (Å²) in [5.74, 6) is 6.53. The number of benzene rings is 1. The third-order valence-corrected chi connectivity index (χ3v) is 3.85. The summed E-state index contributed by atoms with van der Waals surface area (Å²) in [6, 6.07) is 6.24. The highest BCUT2D eigenvalue weighted by Gasteiger charge is 2.14. The van der Waals surface area contributed by atoms with Gasteiger partial charge in [0.2, 0.25) is 0 Å². The Morgan fingerprint density at radius 3 is 2.83 bits per heavy atom. The molecule has 2 rings (SSSR count). The second-order valence-corrected chi connectivity index (χ2v) is 5.09. The molecular formula is C12H16BrN5. The minimum absolute atomic E-state index is 0.0183. The molecule has 6 heteroatoms. The molecule has 0 saturated carbocycles. The number of rotatable bonds is 4. The van der Waals surface area contributed by atoms with Gasteiger partial charge in [-0.3, -0.25) is 16.0 Å². The Balaban J connectivity index is 2.23. The van der Waals surface area contributed by atoms with E-state index in [1.807, 2.05) is 7.05 Å². The van der Waals surface area contributed by atoms with Crippen LogP contribution in [0.4, 0.5) is 0 Å². The number of nitrogens with zero attached hydrogens (tertiary/aromatic N) is 3. The number of aryl methyl sites for hydroxylation is 2. The van der Waals surface area contributed by atoms with Gasteiger partial charge in [-0.2, -0.15) is 5.10 Å². The molecule has 0 amide bonds. The molecule has 3 N–H and O–H groups in total. The molecule has 1 unspecified atom stereocenters. The molecule has 96 valence electrons. The first-order valence-corrected chi connectivity index (χ1v) is 6.46. The van der Waals surface area contributed by atoms with Crippen LogP contribution in [0.15, 0.2) is 29.0 Å². The number of halogens is 1. The number of nitrogens with one attached hydrogen (secondary N) is 1. The molecule has 0 bridgehead atoms. The lowest BCUT2D eigenvalue weighted by Gasteiger charge is -2.16. The summed E-state index contributed by atoms with van der Waals surface area (Å²) in [5, 5.41) is 4.06. The van der Waals surface area contributed by atoms with Crippen molar-refractivity contribution in [1.82, 2.24) is 20.2 Å². The molecule has 1 heterocycles. The normalized spacial score (nSPS) is 12.7. The summed E-state index contributed by atoms with van der Waals surface area (Å²) >= 11 is 3.53. The predicted octanol–water partition coefficient (Wildman–Crippen LogP) is 1.63. The zero-order chi connectivity index (χ0) is 13.1. The molecule has 0 radical (unpaired) electrons. The highest BCUT2D eigenvalue weighted by Crippen LogP contribution is 2.23. The lowest BCUT2D eigenvalue weighted by Crippen LogP contribution is -2.30. The Hall–Kier alpha value is -1.24. The minimum Gasteiger partial charge on any atom is -0.271 e. The fourth-order valence-electron chi connectivity index (χ4n) is 1.79. The van der Waals surface area contributed by atoms with Gasteiger partial charge in [0.25, 0.3) is 0 Å². The van der Waals surface area contributed by atoms with Crippen molar-refractivity contribution in [1.29, 1.82) is 0 Å². The summed E-state index contributed by atoms with van der Waals surface area (Å²) in [5.41, 5.74) is 5.15. The van der Waals surface area contributed by atoms with Crippen LogP contribution in [0.2, 0.25) is 0 Å². The Morgan fingerprint density at radius 1 is 1.50 bits per heavy atom. The molecule has 0 saturated heterocycles. The number of aromatic nitrogens is 3. The maximum atomic E-state index is 5.64. The average Bonchev–Trinajstić information content (AvgIpc) is 2.75. The van der Waals surface area contributed by atoms with Crippen molar-refractivity contribution >= 4 is 15.9 Å². The predicted molar refractivity (Wildman–Crippen MR) is 73.7 cm³/mol. The molecule has 2 aromatic rings. The van der Waals surface area contributed by atoms with E-state index in [0.29, 0.717) is 6.42 Å². The molecule has 1 aromatic heterocycles. The zero-order valence-corrected chi connectivity index (χ0v) is 12.0. The summed E-state index contributed by atoms with van der Waals surface area (Å²) in [6.07, 6.45) is 2.25. The zero-order valence-electron chi connectivity index (χ0n) is 10.4.